The molecule has 0 heterocycles. The number of hydrazone groups is 1. The van der Waals surface area contributed by atoms with Gasteiger partial charge in [0.2, 0.25) is 0 Å². The Hall–Kier alpha value is -3.07. The summed E-state index contributed by atoms with van der Waals surface area (Å²) in [7, 11) is 0. The number of rotatable bonds is 11. The molecule has 0 aliphatic carbocycles. The average Bonchev–Trinajstić information content (AvgIpc) is 2.88. The van der Waals surface area contributed by atoms with Gasteiger partial charge in [0.05, 0.1) is 17.3 Å². The monoisotopic (exact) mass is 619 g/mol. The molecule has 3 aromatic rings. The van der Waals surface area contributed by atoms with Crippen LogP contribution in [0.1, 0.15) is 42.3 Å². The summed E-state index contributed by atoms with van der Waals surface area (Å²) in [4.78, 5) is 25.3. The van der Waals surface area contributed by atoms with Crippen molar-refractivity contribution in [2.45, 2.75) is 33.4 Å². The highest BCUT2D eigenvalue weighted by atomic mass is 79.9. The van der Waals surface area contributed by atoms with E-state index in [1.165, 1.54) is 6.21 Å². The van der Waals surface area contributed by atoms with E-state index in [-0.39, 0.29) is 18.4 Å². The van der Waals surface area contributed by atoms with Crippen molar-refractivity contribution in [1.29, 1.82) is 0 Å². The van der Waals surface area contributed by atoms with Crippen LogP contribution in [-0.4, -0.2) is 30.7 Å². The lowest BCUT2D eigenvalue weighted by molar-refractivity contribution is -0.123. The van der Waals surface area contributed by atoms with Crippen LogP contribution in [0.4, 0.5) is 0 Å². The van der Waals surface area contributed by atoms with Gasteiger partial charge in [0.1, 0.15) is 12.6 Å². The average molecular weight is 621 g/mol. The van der Waals surface area contributed by atoms with Crippen molar-refractivity contribution in [3.63, 3.8) is 0 Å². The van der Waals surface area contributed by atoms with Gasteiger partial charge < -0.3 is 14.8 Å². The molecule has 7 nitrogen and oxygen atoms in total. The molecule has 2 amide bonds. The Morgan fingerprint density at radius 1 is 1.05 bits per heavy atom. The van der Waals surface area contributed by atoms with Gasteiger partial charge in [-0.1, -0.05) is 61.3 Å². The topological polar surface area (TPSA) is 89.0 Å². The molecule has 1 atom stereocenters. The lowest BCUT2D eigenvalue weighted by Crippen LogP contribution is -2.48. The quantitative estimate of drug-likeness (QED) is 0.186. The minimum absolute atomic E-state index is 0.151. The van der Waals surface area contributed by atoms with Crippen LogP contribution in [0.3, 0.4) is 0 Å². The maximum atomic E-state index is 12.8. The Kier molecular flexibility index (Phi) is 11.0. The summed E-state index contributed by atoms with van der Waals surface area (Å²) in [5.41, 5.74) is 4.43. The first kappa shape index (κ1) is 29.5. The molecule has 0 radical (unpaired) electrons. The lowest BCUT2D eigenvalue weighted by Gasteiger charge is -2.20. The number of hydrogen-bond donors (Lipinski definition) is 2. The fourth-order valence-corrected chi connectivity index (χ4v) is 4.48. The van der Waals surface area contributed by atoms with E-state index in [4.69, 9.17) is 32.7 Å². The van der Waals surface area contributed by atoms with Crippen LogP contribution in [0.2, 0.25) is 10.0 Å². The second-order valence-electron chi connectivity index (χ2n) is 8.58. The zero-order valence-corrected chi connectivity index (χ0v) is 24.2. The normalized spacial score (nSPS) is 11.9. The van der Waals surface area contributed by atoms with Gasteiger partial charge >= 0.3 is 0 Å². The number of nitrogens with zero attached hydrogens (tertiary/aromatic N) is 1. The van der Waals surface area contributed by atoms with E-state index < -0.39 is 11.9 Å². The van der Waals surface area contributed by atoms with Crippen LogP contribution >= 0.6 is 39.1 Å². The van der Waals surface area contributed by atoms with E-state index in [2.05, 4.69) is 31.8 Å². The number of benzene rings is 3. The number of halogens is 3. The van der Waals surface area contributed by atoms with Gasteiger partial charge in [0.15, 0.2) is 11.5 Å². The van der Waals surface area contributed by atoms with Gasteiger partial charge in [0.25, 0.3) is 11.8 Å². The molecule has 2 N–H and O–H groups in total. The SMILES string of the molecule is CCOc1cc(/C=N/NC(=O)C(NC(=O)c2ccccc2)C(C)C)cc(Br)c1OCc1ccc(Cl)cc1Cl. The van der Waals surface area contributed by atoms with E-state index >= 15 is 0 Å². The molecule has 0 spiro atoms. The Labute approximate surface area is 240 Å². The summed E-state index contributed by atoms with van der Waals surface area (Å²) in [6.07, 6.45) is 1.49. The van der Waals surface area contributed by atoms with Crippen molar-refractivity contribution in [3.05, 3.63) is 91.9 Å². The highest BCUT2D eigenvalue weighted by Crippen LogP contribution is 2.37. The highest BCUT2D eigenvalue weighted by Gasteiger charge is 2.24. The van der Waals surface area contributed by atoms with Gasteiger partial charge in [-0.05, 0) is 70.7 Å². The summed E-state index contributed by atoms with van der Waals surface area (Å²) < 4.78 is 12.4. The second-order valence-corrected chi connectivity index (χ2v) is 10.3. The molecule has 0 aromatic heterocycles. The van der Waals surface area contributed by atoms with Gasteiger partial charge in [-0.25, -0.2) is 5.43 Å². The maximum Gasteiger partial charge on any atom is 0.262 e. The molecule has 200 valence electrons. The fourth-order valence-electron chi connectivity index (χ4n) is 3.44. The van der Waals surface area contributed by atoms with Gasteiger partial charge in [0, 0.05) is 21.2 Å². The van der Waals surface area contributed by atoms with Crippen LogP contribution in [0.15, 0.2) is 70.2 Å². The first-order valence-corrected chi connectivity index (χ1v) is 13.5. The van der Waals surface area contributed by atoms with Crippen molar-refractivity contribution in [3.8, 4) is 11.5 Å². The van der Waals surface area contributed by atoms with E-state index in [1.807, 2.05) is 26.8 Å². The predicted molar refractivity (Wildman–Crippen MR) is 154 cm³/mol. The van der Waals surface area contributed by atoms with Crippen molar-refractivity contribution in [2.24, 2.45) is 11.0 Å². The highest BCUT2D eigenvalue weighted by molar-refractivity contribution is 9.10. The maximum absolute atomic E-state index is 12.8. The van der Waals surface area contributed by atoms with Crippen LogP contribution in [0.5, 0.6) is 11.5 Å². The molecule has 0 saturated heterocycles. The number of hydrogen-bond acceptors (Lipinski definition) is 5. The first-order valence-electron chi connectivity index (χ1n) is 11.9. The molecule has 0 aliphatic rings. The van der Waals surface area contributed by atoms with E-state index in [0.717, 1.165) is 5.56 Å². The molecule has 1 unspecified atom stereocenters. The van der Waals surface area contributed by atoms with E-state index in [0.29, 0.717) is 43.8 Å². The predicted octanol–water partition coefficient (Wildman–Crippen LogP) is 6.64. The summed E-state index contributed by atoms with van der Waals surface area (Å²) in [6.45, 7) is 6.19. The number of nitrogens with one attached hydrogen (secondary N) is 2. The molecular weight excluding hydrogens is 593 g/mol. The minimum atomic E-state index is -0.763. The zero-order chi connectivity index (χ0) is 27.7. The Morgan fingerprint density at radius 3 is 2.45 bits per heavy atom. The molecule has 0 bridgehead atoms. The number of ether oxygens (including phenoxy) is 2. The molecule has 3 rings (SSSR count). The number of carbonyl (C=O) groups is 2. The molecule has 0 fully saturated rings. The smallest absolute Gasteiger partial charge is 0.262 e. The summed E-state index contributed by atoms with van der Waals surface area (Å²) in [5.74, 6) is 0.0909. The first-order chi connectivity index (χ1) is 18.2. The third-order valence-electron chi connectivity index (χ3n) is 5.38. The van der Waals surface area contributed by atoms with Crippen molar-refractivity contribution in [1.82, 2.24) is 10.7 Å². The molecule has 38 heavy (non-hydrogen) atoms. The Balaban J connectivity index is 1.69. The molecule has 3 aromatic carbocycles. The lowest BCUT2D eigenvalue weighted by atomic mass is 10.0. The fraction of sp³-hybridized carbons (Fsp3) is 0.250. The molecule has 0 aliphatic heterocycles. The van der Waals surface area contributed by atoms with E-state index in [9.17, 15) is 9.59 Å². The van der Waals surface area contributed by atoms with Crippen LogP contribution < -0.4 is 20.2 Å². The van der Waals surface area contributed by atoms with Gasteiger partial charge in [-0.15, -0.1) is 0 Å². The zero-order valence-electron chi connectivity index (χ0n) is 21.1. The summed E-state index contributed by atoms with van der Waals surface area (Å²) >= 11 is 15.8. The molecular formula is C28H28BrCl2N3O4. The van der Waals surface area contributed by atoms with Gasteiger partial charge in [-0.3, -0.25) is 9.59 Å². The second kappa shape index (κ2) is 14.2. The standard InChI is InChI=1S/C28H28BrCl2N3O4/c1-4-37-24-13-18(12-22(29)26(24)38-16-20-10-11-21(30)14-23(20)31)15-32-34-28(36)25(17(2)3)33-27(35)19-8-6-5-7-9-19/h5-15,17,25H,4,16H2,1-3H3,(H,33,35)(H,34,36)/b32-15+. The summed E-state index contributed by atoms with van der Waals surface area (Å²) in [6, 6.07) is 16.7. The largest absolute Gasteiger partial charge is 0.490 e. The van der Waals surface area contributed by atoms with Crippen LogP contribution in [0, 0.1) is 5.92 Å². The Bertz CT molecular complexity index is 1300. The molecule has 10 heteroatoms. The number of carbonyl (C=O) groups excluding carboxylic acids is 2. The summed E-state index contributed by atoms with van der Waals surface area (Å²) in [5, 5.41) is 7.91. The van der Waals surface area contributed by atoms with E-state index in [1.54, 1.807) is 54.6 Å². The van der Waals surface area contributed by atoms with Crippen molar-refractivity contribution in [2.75, 3.05) is 6.61 Å². The van der Waals surface area contributed by atoms with Crippen molar-refractivity contribution < 1.29 is 19.1 Å². The van der Waals surface area contributed by atoms with Gasteiger partial charge in [-0.2, -0.15) is 5.10 Å². The number of amides is 2. The Morgan fingerprint density at radius 2 is 1.79 bits per heavy atom. The van der Waals surface area contributed by atoms with Crippen LogP contribution in [0.25, 0.3) is 0 Å². The van der Waals surface area contributed by atoms with Crippen molar-refractivity contribution >= 4 is 57.2 Å². The van der Waals surface area contributed by atoms with Crippen LogP contribution in [-0.2, 0) is 11.4 Å². The third kappa shape index (κ3) is 8.21. The molecule has 0 saturated carbocycles. The third-order valence-corrected chi connectivity index (χ3v) is 6.55. The minimum Gasteiger partial charge on any atom is -0.490 e.